The van der Waals surface area contributed by atoms with Crippen molar-refractivity contribution in [2.24, 2.45) is 5.41 Å². The number of nitrogens with zero attached hydrogens (tertiary/aromatic N) is 2. The van der Waals surface area contributed by atoms with Gasteiger partial charge in [0.1, 0.15) is 5.82 Å². The molecule has 2 unspecified atom stereocenters. The summed E-state index contributed by atoms with van der Waals surface area (Å²) >= 11 is 0. The van der Waals surface area contributed by atoms with E-state index in [2.05, 4.69) is 9.53 Å². The van der Waals surface area contributed by atoms with Crippen LogP contribution in [0.25, 0.3) is 5.53 Å². The highest BCUT2D eigenvalue weighted by atomic mass is 19.4. The number of halogens is 4. The summed E-state index contributed by atoms with van der Waals surface area (Å²) in [5.74, 6) is -2.09. The normalized spacial score (nSPS) is 14.9. The lowest BCUT2D eigenvalue weighted by Gasteiger charge is -2.33. The average Bonchev–Trinajstić information content (AvgIpc) is 2.54. The van der Waals surface area contributed by atoms with E-state index >= 15 is 0 Å². The Morgan fingerprint density at radius 1 is 1.35 bits per heavy atom. The highest BCUT2D eigenvalue weighted by Crippen LogP contribution is 2.47. The molecule has 0 bridgehead atoms. The molecule has 1 aromatic rings. The zero-order chi connectivity index (χ0) is 20.1. The Balaban J connectivity index is 3.14. The second-order valence-electron chi connectivity index (χ2n) is 6.62. The molecule has 8 heteroatoms. The Labute approximate surface area is 149 Å². The van der Waals surface area contributed by atoms with Gasteiger partial charge in [-0.05, 0) is 43.4 Å². The number of hydrogen-bond acceptors (Lipinski definition) is 2. The number of aryl methyl sites for hydroxylation is 1. The predicted octanol–water partition coefficient (Wildman–Crippen LogP) is 4.82. The van der Waals surface area contributed by atoms with Crippen LogP contribution in [-0.2, 0) is 9.53 Å². The van der Waals surface area contributed by atoms with Crippen molar-refractivity contribution in [1.82, 2.24) is 0 Å². The molecule has 0 fully saturated rings. The van der Waals surface area contributed by atoms with E-state index < -0.39 is 41.4 Å². The standard InChI is InChI=1S/C18H22F4N2O2/c1-5-26-16(25)15(24-23)10-17(4,18(20,21)22)9-12(3)13-6-7-14(19)11(2)8-13/h6-8,12H,5,9-10H2,1-4H3. The summed E-state index contributed by atoms with van der Waals surface area (Å²) in [6.07, 6.45) is -5.85. The monoisotopic (exact) mass is 374 g/mol. The summed E-state index contributed by atoms with van der Waals surface area (Å²) in [7, 11) is 0. The molecule has 1 aromatic carbocycles. The molecule has 0 aromatic heterocycles. The van der Waals surface area contributed by atoms with Gasteiger partial charge in [-0.1, -0.05) is 26.0 Å². The number of rotatable bonds is 7. The third kappa shape index (κ3) is 5.14. The van der Waals surface area contributed by atoms with Gasteiger partial charge in [-0.2, -0.15) is 18.0 Å². The third-order valence-electron chi connectivity index (χ3n) is 4.38. The van der Waals surface area contributed by atoms with E-state index in [-0.39, 0.29) is 13.0 Å². The summed E-state index contributed by atoms with van der Waals surface area (Å²) in [5.41, 5.74) is 6.83. The first-order chi connectivity index (χ1) is 11.9. The molecular formula is C18H22F4N2O2. The van der Waals surface area contributed by atoms with Crippen LogP contribution in [0, 0.1) is 18.2 Å². The van der Waals surface area contributed by atoms with Crippen LogP contribution < -0.4 is 0 Å². The van der Waals surface area contributed by atoms with Crippen LogP contribution in [0.1, 0.15) is 50.7 Å². The van der Waals surface area contributed by atoms with E-state index in [1.165, 1.54) is 32.0 Å². The smallest absolute Gasteiger partial charge is 0.416 e. The molecule has 0 spiro atoms. The van der Waals surface area contributed by atoms with E-state index in [1.54, 1.807) is 6.92 Å². The van der Waals surface area contributed by atoms with Gasteiger partial charge < -0.3 is 10.3 Å². The molecule has 0 aliphatic rings. The molecule has 144 valence electrons. The molecular weight excluding hydrogens is 352 g/mol. The van der Waals surface area contributed by atoms with Crippen molar-refractivity contribution in [2.45, 2.75) is 52.6 Å². The second-order valence-corrected chi connectivity index (χ2v) is 6.62. The van der Waals surface area contributed by atoms with Gasteiger partial charge in [0.05, 0.1) is 18.4 Å². The summed E-state index contributed by atoms with van der Waals surface area (Å²) in [6.45, 7) is 5.54. The topological polar surface area (TPSA) is 62.7 Å². The average molecular weight is 374 g/mol. The summed E-state index contributed by atoms with van der Waals surface area (Å²) in [5, 5.41) is 0. The second kappa shape index (κ2) is 8.45. The molecule has 0 aliphatic heterocycles. The number of ether oxygens (including phenoxy) is 1. The Morgan fingerprint density at radius 2 is 1.96 bits per heavy atom. The van der Waals surface area contributed by atoms with Gasteiger partial charge in [0.15, 0.2) is 0 Å². The fraction of sp³-hybridized carbons (Fsp3) is 0.556. The maximum atomic E-state index is 13.7. The molecule has 0 heterocycles. The van der Waals surface area contributed by atoms with E-state index in [0.717, 1.165) is 6.92 Å². The van der Waals surface area contributed by atoms with Crippen molar-refractivity contribution in [3.63, 3.8) is 0 Å². The minimum atomic E-state index is -4.65. The maximum absolute atomic E-state index is 13.7. The quantitative estimate of drug-likeness (QED) is 0.226. The predicted molar refractivity (Wildman–Crippen MR) is 88.2 cm³/mol. The van der Waals surface area contributed by atoms with Gasteiger partial charge in [0, 0.05) is 0 Å². The summed E-state index contributed by atoms with van der Waals surface area (Å²) in [4.78, 5) is 14.4. The first-order valence-electron chi connectivity index (χ1n) is 8.16. The summed E-state index contributed by atoms with van der Waals surface area (Å²) < 4.78 is 59.2. The van der Waals surface area contributed by atoms with Crippen molar-refractivity contribution in [1.29, 1.82) is 0 Å². The minimum Gasteiger partial charge on any atom is -0.457 e. The van der Waals surface area contributed by atoms with Crippen LogP contribution in [-0.4, -0.2) is 29.3 Å². The van der Waals surface area contributed by atoms with E-state index in [1.807, 2.05) is 0 Å². The highest BCUT2D eigenvalue weighted by Gasteiger charge is 2.54. The van der Waals surface area contributed by atoms with Crippen LogP contribution in [0.3, 0.4) is 0 Å². The van der Waals surface area contributed by atoms with Crippen molar-refractivity contribution in [2.75, 3.05) is 6.61 Å². The fourth-order valence-corrected chi connectivity index (χ4v) is 2.79. The fourth-order valence-electron chi connectivity index (χ4n) is 2.79. The van der Waals surface area contributed by atoms with E-state index in [4.69, 9.17) is 5.53 Å². The molecule has 0 radical (unpaired) electrons. The number of benzene rings is 1. The third-order valence-corrected chi connectivity index (χ3v) is 4.38. The van der Waals surface area contributed by atoms with Gasteiger partial charge in [0.2, 0.25) is 0 Å². The molecule has 0 N–H and O–H groups in total. The molecule has 0 amide bonds. The number of carbonyl (C=O) groups is 1. The lowest BCUT2D eigenvalue weighted by molar-refractivity contribution is -0.221. The Bertz CT molecular complexity index is 712. The zero-order valence-electron chi connectivity index (χ0n) is 15.2. The zero-order valence-corrected chi connectivity index (χ0v) is 15.2. The Morgan fingerprint density at radius 3 is 2.42 bits per heavy atom. The van der Waals surface area contributed by atoms with E-state index in [9.17, 15) is 22.4 Å². The minimum absolute atomic E-state index is 0.0498. The van der Waals surface area contributed by atoms with E-state index in [0.29, 0.717) is 11.1 Å². The van der Waals surface area contributed by atoms with Gasteiger partial charge in [0.25, 0.3) is 0 Å². The first-order valence-corrected chi connectivity index (χ1v) is 8.16. The lowest BCUT2D eigenvalue weighted by Crippen LogP contribution is -2.40. The molecule has 2 atom stereocenters. The molecule has 1 rings (SSSR count). The van der Waals surface area contributed by atoms with Crippen LogP contribution in [0.4, 0.5) is 17.6 Å². The molecule has 26 heavy (non-hydrogen) atoms. The highest BCUT2D eigenvalue weighted by molar-refractivity contribution is 6.34. The van der Waals surface area contributed by atoms with Crippen LogP contribution in [0.15, 0.2) is 18.2 Å². The van der Waals surface area contributed by atoms with Crippen LogP contribution >= 0.6 is 0 Å². The Hall–Kier alpha value is -2.21. The van der Waals surface area contributed by atoms with Gasteiger partial charge in [-0.15, -0.1) is 0 Å². The van der Waals surface area contributed by atoms with Crippen molar-refractivity contribution in [3.8, 4) is 0 Å². The molecule has 4 nitrogen and oxygen atoms in total. The van der Waals surface area contributed by atoms with Crippen LogP contribution in [0.2, 0.25) is 0 Å². The SMILES string of the molecule is CCOC(=O)C(CC(C)(CC(C)c1ccc(F)c(C)c1)C(F)(F)F)=[N+]=[N-]. The maximum Gasteiger partial charge on any atom is 0.416 e. The first kappa shape index (κ1) is 21.8. The Kier molecular flexibility index (Phi) is 7.09. The number of carbonyl (C=O) groups excluding carboxylic acids is 1. The van der Waals surface area contributed by atoms with Gasteiger partial charge in [-0.25, -0.2) is 9.18 Å². The van der Waals surface area contributed by atoms with Crippen molar-refractivity contribution in [3.05, 3.63) is 40.7 Å². The number of alkyl halides is 3. The van der Waals surface area contributed by atoms with Gasteiger partial charge in [-0.3, -0.25) is 0 Å². The molecule has 0 saturated heterocycles. The largest absolute Gasteiger partial charge is 0.457 e. The van der Waals surface area contributed by atoms with Crippen molar-refractivity contribution >= 4 is 11.7 Å². The van der Waals surface area contributed by atoms with Gasteiger partial charge >= 0.3 is 17.9 Å². The van der Waals surface area contributed by atoms with Crippen molar-refractivity contribution < 1.29 is 31.9 Å². The summed E-state index contributed by atoms with van der Waals surface area (Å²) in [6, 6.07) is 4.16. The lowest BCUT2D eigenvalue weighted by atomic mass is 9.75. The number of hydrogen-bond donors (Lipinski definition) is 0. The van der Waals surface area contributed by atoms with Crippen LogP contribution in [0.5, 0.6) is 0 Å². The molecule has 0 saturated carbocycles. The number of esters is 1. The molecule has 0 aliphatic carbocycles.